The molecular formula is C18H17N3O2. The van der Waals surface area contributed by atoms with Crippen molar-refractivity contribution in [1.29, 1.82) is 0 Å². The van der Waals surface area contributed by atoms with Crippen molar-refractivity contribution in [3.05, 3.63) is 70.6 Å². The fourth-order valence-corrected chi connectivity index (χ4v) is 2.52. The Kier molecular flexibility index (Phi) is 4.19. The van der Waals surface area contributed by atoms with Crippen LogP contribution >= 0.6 is 0 Å². The number of hydrogen-bond donors (Lipinski definition) is 1. The first-order chi connectivity index (χ1) is 11.2. The number of fused-ring (bicyclic) bond motifs is 1. The number of hydrogen-bond acceptors (Lipinski definition) is 3. The Labute approximate surface area is 133 Å². The second-order valence-corrected chi connectivity index (χ2v) is 5.25. The molecule has 0 aliphatic rings. The molecule has 0 fully saturated rings. The van der Waals surface area contributed by atoms with E-state index in [4.69, 9.17) is 0 Å². The van der Waals surface area contributed by atoms with Crippen molar-refractivity contribution in [1.82, 2.24) is 9.78 Å². The SMILES string of the molecule is CCc1ccccc1NC(=O)Cn1ncc2ccccc2c1=O. The molecule has 1 heterocycles. The highest BCUT2D eigenvalue weighted by atomic mass is 16.2. The number of benzene rings is 2. The number of anilines is 1. The predicted molar refractivity (Wildman–Crippen MR) is 90.5 cm³/mol. The van der Waals surface area contributed by atoms with Gasteiger partial charge in [0, 0.05) is 11.1 Å². The zero-order valence-electron chi connectivity index (χ0n) is 12.8. The predicted octanol–water partition coefficient (Wildman–Crippen LogP) is 2.60. The van der Waals surface area contributed by atoms with Gasteiger partial charge in [-0.15, -0.1) is 0 Å². The summed E-state index contributed by atoms with van der Waals surface area (Å²) in [5.74, 6) is -0.268. The van der Waals surface area contributed by atoms with E-state index in [0.29, 0.717) is 5.39 Å². The van der Waals surface area contributed by atoms with Crippen molar-refractivity contribution in [3.63, 3.8) is 0 Å². The fourth-order valence-electron chi connectivity index (χ4n) is 2.52. The van der Waals surface area contributed by atoms with Crippen molar-refractivity contribution in [2.24, 2.45) is 0 Å². The van der Waals surface area contributed by atoms with Gasteiger partial charge in [0.05, 0.1) is 11.6 Å². The maximum absolute atomic E-state index is 12.4. The summed E-state index contributed by atoms with van der Waals surface area (Å²) in [6, 6.07) is 14.8. The third-order valence-electron chi connectivity index (χ3n) is 3.73. The second-order valence-electron chi connectivity index (χ2n) is 5.25. The van der Waals surface area contributed by atoms with Gasteiger partial charge in [-0.1, -0.05) is 43.3 Å². The van der Waals surface area contributed by atoms with E-state index >= 15 is 0 Å². The minimum Gasteiger partial charge on any atom is -0.324 e. The van der Waals surface area contributed by atoms with E-state index in [2.05, 4.69) is 10.4 Å². The zero-order chi connectivity index (χ0) is 16.2. The van der Waals surface area contributed by atoms with Crippen molar-refractivity contribution in [2.45, 2.75) is 19.9 Å². The summed E-state index contributed by atoms with van der Waals surface area (Å²) in [4.78, 5) is 24.6. The molecule has 5 nitrogen and oxygen atoms in total. The Bertz CT molecular complexity index is 915. The van der Waals surface area contributed by atoms with Crippen LogP contribution in [0, 0.1) is 0 Å². The number of carbonyl (C=O) groups excluding carboxylic acids is 1. The van der Waals surface area contributed by atoms with E-state index in [-0.39, 0.29) is 18.0 Å². The molecule has 0 spiro atoms. The van der Waals surface area contributed by atoms with E-state index in [1.807, 2.05) is 43.3 Å². The molecule has 1 N–H and O–H groups in total. The zero-order valence-corrected chi connectivity index (χ0v) is 12.8. The molecule has 0 saturated heterocycles. The lowest BCUT2D eigenvalue weighted by molar-refractivity contribution is -0.117. The van der Waals surface area contributed by atoms with Crippen molar-refractivity contribution < 1.29 is 4.79 Å². The molecule has 0 unspecified atom stereocenters. The molecule has 0 bridgehead atoms. The lowest BCUT2D eigenvalue weighted by Gasteiger charge is -2.10. The number of carbonyl (C=O) groups is 1. The average Bonchev–Trinajstić information content (AvgIpc) is 2.58. The van der Waals surface area contributed by atoms with E-state index in [9.17, 15) is 9.59 Å². The number of rotatable bonds is 4. The first kappa shape index (κ1) is 15.0. The third kappa shape index (κ3) is 3.13. The average molecular weight is 307 g/mol. The van der Waals surface area contributed by atoms with Crippen LogP contribution in [0.2, 0.25) is 0 Å². The van der Waals surface area contributed by atoms with Crippen LogP contribution in [0.1, 0.15) is 12.5 Å². The molecular weight excluding hydrogens is 290 g/mol. The molecule has 0 atom stereocenters. The minimum atomic E-state index is -0.268. The Morgan fingerprint density at radius 2 is 1.87 bits per heavy atom. The van der Waals surface area contributed by atoms with Crippen LogP contribution in [0.4, 0.5) is 5.69 Å². The first-order valence-electron chi connectivity index (χ1n) is 7.51. The molecule has 0 aliphatic heterocycles. The molecule has 5 heteroatoms. The first-order valence-corrected chi connectivity index (χ1v) is 7.51. The van der Waals surface area contributed by atoms with Crippen LogP contribution in [0.5, 0.6) is 0 Å². The van der Waals surface area contributed by atoms with Gasteiger partial charge < -0.3 is 5.32 Å². The molecule has 0 saturated carbocycles. The van der Waals surface area contributed by atoms with Crippen LogP contribution < -0.4 is 10.9 Å². The van der Waals surface area contributed by atoms with E-state index in [1.54, 1.807) is 18.3 Å². The summed E-state index contributed by atoms with van der Waals surface area (Å²) in [6.07, 6.45) is 2.43. The van der Waals surface area contributed by atoms with Gasteiger partial charge in [-0.3, -0.25) is 9.59 Å². The normalized spacial score (nSPS) is 10.7. The van der Waals surface area contributed by atoms with Gasteiger partial charge in [-0.2, -0.15) is 5.10 Å². The molecule has 3 aromatic rings. The monoisotopic (exact) mass is 307 g/mol. The van der Waals surface area contributed by atoms with Gasteiger partial charge in [0.1, 0.15) is 6.54 Å². The summed E-state index contributed by atoms with van der Waals surface area (Å²) >= 11 is 0. The van der Waals surface area contributed by atoms with Gasteiger partial charge in [0.2, 0.25) is 5.91 Å². The van der Waals surface area contributed by atoms with Gasteiger partial charge in [0.25, 0.3) is 5.56 Å². The Balaban J connectivity index is 1.83. The highest BCUT2D eigenvalue weighted by Gasteiger charge is 2.10. The number of nitrogens with one attached hydrogen (secondary N) is 1. The molecule has 3 rings (SSSR count). The maximum atomic E-state index is 12.4. The van der Waals surface area contributed by atoms with Gasteiger partial charge in [-0.05, 0) is 24.1 Å². The number of nitrogens with zero attached hydrogens (tertiary/aromatic N) is 2. The van der Waals surface area contributed by atoms with Gasteiger partial charge in [-0.25, -0.2) is 4.68 Å². The van der Waals surface area contributed by atoms with Crippen molar-refractivity contribution in [3.8, 4) is 0 Å². The summed E-state index contributed by atoms with van der Waals surface area (Å²) in [5.41, 5.74) is 1.57. The summed E-state index contributed by atoms with van der Waals surface area (Å²) in [6.45, 7) is 1.92. The van der Waals surface area contributed by atoms with Crippen molar-refractivity contribution in [2.75, 3.05) is 5.32 Å². The van der Waals surface area contributed by atoms with Crippen LogP contribution in [0.15, 0.2) is 59.5 Å². The number of amides is 1. The Morgan fingerprint density at radius 1 is 1.13 bits per heavy atom. The summed E-state index contributed by atoms with van der Waals surface area (Å²) in [5, 5.41) is 8.25. The lowest BCUT2D eigenvalue weighted by Crippen LogP contribution is -2.29. The third-order valence-corrected chi connectivity index (χ3v) is 3.73. The molecule has 2 aromatic carbocycles. The maximum Gasteiger partial charge on any atom is 0.275 e. The largest absolute Gasteiger partial charge is 0.324 e. The van der Waals surface area contributed by atoms with E-state index in [0.717, 1.165) is 23.1 Å². The summed E-state index contributed by atoms with van der Waals surface area (Å²) in [7, 11) is 0. The topological polar surface area (TPSA) is 64.0 Å². The minimum absolute atomic E-state index is 0.109. The molecule has 1 amide bonds. The van der Waals surface area contributed by atoms with Gasteiger partial charge in [0.15, 0.2) is 0 Å². The van der Waals surface area contributed by atoms with Crippen LogP contribution in [0.3, 0.4) is 0 Å². The quantitative estimate of drug-likeness (QED) is 0.806. The number of para-hydroxylation sites is 1. The standard InChI is InChI=1S/C18H17N3O2/c1-2-13-7-4-6-10-16(13)20-17(22)12-21-18(23)15-9-5-3-8-14(15)11-19-21/h3-11H,2,12H2,1H3,(H,20,22). The highest BCUT2D eigenvalue weighted by Crippen LogP contribution is 2.15. The second kappa shape index (κ2) is 6.44. The summed E-state index contributed by atoms with van der Waals surface area (Å²) < 4.78 is 1.19. The van der Waals surface area contributed by atoms with Crippen LogP contribution in [0.25, 0.3) is 10.8 Å². The highest BCUT2D eigenvalue weighted by molar-refractivity contribution is 5.91. The van der Waals surface area contributed by atoms with Crippen LogP contribution in [-0.2, 0) is 17.8 Å². The molecule has 0 radical (unpaired) electrons. The van der Waals surface area contributed by atoms with Gasteiger partial charge >= 0.3 is 0 Å². The Hall–Kier alpha value is -2.95. The molecule has 23 heavy (non-hydrogen) atoms. The number of aromatic nitrogens is 2. The lowest BCUT2D eigenvalue weighted by atomic mass is 10.1. The smallest absolute Gasteiger partial charge is 0.275 e. The van der Waals surface area contributed by atoms with Crippen molar-refractivity contribution >= 4 is 22.4 Å². The Morgan fingerprint density at radius 3 is 2.70 bits per heavy atom. The van der Waals surface area contributed by atoms with E-state index < -0.39 is 0 Å². The molecule has 1 aromatic heterocycles. The number of aryl methyl sites for hydroxylation is 1. The fraction of sp³-hybridized carbons (Fsp3) is 0.167. The molecule has 0 aliphatic carbocycles. The van der Waals surface area contributed by atoms with Crippen LogP contribution in [-0.4, -0.2) is 15.7 Å². The van der Waals surface area contributed by atoms with E-state index in [1.165, 1.54) is 4.68 Å². The molecule has 116 valence electrons.